The van der Waals surface area contributed by atoms with E-state index in [-0.39, 0.29) is 5.41 Å². The Balaban J connectivity index is 1.55. The van der Waals surface area contributed by atoms with Crippen molar-refractivity contribution < 1.29 is 4.79 Å². The lowest BCUT2D eigenvalue weighted by atomic mass is 9.47. The first-order valence-corrected chi connectivity index (χ1v) is 12.2. The topological polar surface area (TPSA) is 17.1 Å². The van der Waals surface area contributed by atoms with Gasteiger partial charge in [0.2, 0.25) is 0 Å². The van der Waals surface area contributed by atoms with Gasteiger partial charge in [-0.3, -0.25) is 4.79 Å². The van der Waals surface area contributed by atoms with E-state index in [2.05, 4.69) is 52.8 Å². The third kappa shape index (κ3) is 3.16. The maximum Gasteiger partial charge on any atom is 0.159 e. The van der Waals surface area contributed by atoms with Crippen LogP contribution < -0.4 is 0 Å². The minimum atomic E-state index is 0.246. The zero-order valence-corrected chi connectivity index (χ0v) is 19.0. The van der Waals surface area contributed by atoms with Crippen LogP contribution in [0.3, 0.4) is 0 Å². The van der Waals surface area contributed by atoms with Crippen molar-refractivity contribution in [3.8, 4) is 0 Å². The summed E-state index contributed by atoms with van der Waals surface area (Å²) in [4.78, 5) is 13.3. The van der Waals surface area contributed by atoms with E-state index in [9.17, 15) is 4.79 Å². The van der Waals surface area contributed by atoms with E-state index in [1.807, 2.05) is 0 Å². The van der Waals surface area contributed by atoms with Gasteiger partial charge in [0.1, 0.15) is 0 Å². The van der Waals surface area contributed by atoms with Crippen molar-refractivity contribution in [2.75, 3.05) is 0 Å². The third-order valence-electron chi connectivity index (χ3n) is 9.70. The molecule has 0 aromatic rings. The quantitative estimate of drug-likeness (QED) is 0.485. The fourth-order valence-electron chi connectivity index (χ4n) is 8.07. The summed E-state index contributed by atoms with van der Waals surface area (Å²) in [5.74, 6) is 4.42. The number of carbonyl (C=O) groups is 1. The standard InChI is InChI=1S/C27H42O/c1-18(2)9-8-10-19(3)21-12-13-22-25-23(14-16-27(21,22)5)26(4)15-7-6-11-20(26)17-24(25)28/h6,11,17-19,21-23,25H,7-10,12-16H2,1-5H3/t19-,21-,22+,23+,25+,26-,27-/m0/s1. The van der Waals surface area contributed by atoms with Crippen molar-refractivity contribution in [1.82, 2.24) is 0 Å². The molecule has 2 fully saturated rings. The van der Waals surface area contributed by atoms with Gasteiger partial charge >= 0.3 is 0 Å². The van der Waals surface area contributed by atoms with E-state index < -0.39 is 0 Å². The highest BCUT2D eigenvalue weighted by Crippen LogP contribution is 2.66. The Hall–Kier alpha value is -0.850. The third-order valence-corrected chi connectivity index (χ3v) is 9.70. The van der Waals surface area contributed by atoms with Crippen molar-refractivity contribution in [3.63, 3.8) is 0 Å². The first kappa shape index (κ1) is 20.4. The number of rotatable bonds is 5. The predicted octanol–water partition coefficient (Wildman–Crippen LogP) is 7.37. The molecule has 4 aliphatic rings. The maximum absolute atomic E-state index is 13.3. The molecule has 0 saturated heterocycles. The summed E-state index contributed by atoms with van der Waals surface area (Å²) in [6, 6.07) is 0. The molecule has 156 valence electrons. The Morgan fingerprint density at radius 3 is 2.57 bits per heavy atom. The fraction of sp³-hybridized carbons (Fsp3) is 0.815. The monoisotopic (exact) mass is 382 g/mol. The van der Waals surface area contributed by atoms with Crippen molar-refractivity contribution in [2.24, 2.45) is 46.3 Å². The fourth-order valence-corrected chi connectivity index (χ4v) is 8.07. The first-order chi connectivity index (χ1) is 13.3. The minimum absolute atomic E-state index is 0.246. The van der Waals surface area contributed by atoms with E-state index in [4.69, 9.17) is 0 Å². The van der Waals surface area contributed by atoms with Crippen LogP contribution in [0, 0.1) is 46.3 Å². The molecule has 0 N–H and O–H groups in total. The second kappa shape index (κ2) is 7.44. The summed E-state index contributed by atoms with van der Waals surface area (Å²) in [6.07, 6.45) is 18.4. The van der Waals surface area contributed by atoms with Gasteiger partial charge in [0.15, 0.2) is 5.78 Å². The van der Waals surface area contributed by atoms with Crippen LogP contribution in [0.5, 0.6) is 0 Å². The lowest BCUT2D eigenvalue weighted by molar-refractivity contribution is -0.133. The van der Waals surface area contributed by atoms with Gasteiger partial charge in [0.25, 0.3) is 0 Å². The second-order valence-electron chi connectivity index (χ2n) is 11.6. The van der Waals surface area contributed by atoms with E-state index in [0.717, 1.165) is 17.8 Å². The van der Waals surface area contributed by atoms with Gasteiger partial charge < -0.3 is 0 Å². The molecular formula is C27H42O. The van der Waals surface area contributed by atoms with E-state index in [0.29, 0.717) is 29.0 Å². The molecule has 0 aromatic heterocycles. The van der Waals surface area contributed by atoms with Gasteiger partial charge in [0, 0.05) is 5.92 Å². The van der Waals surface area contributed by atoms with Gasteiger partial charge in [-0.2, -0.15) is 0 Å². The first-order valence-electron chi connectivity index (χ1n) is 12.2. The predicted molar refractivity (Wildman–Crippen MR) is 118 cm³/mol. The van der Waals surface area contributed by atoms with Crippen LogP contribution in [0.25, 0.3) is 0 Å². The van der Waals surface area contributed by atoms with Crippen LogP contribution in [-0.2, 0) is 4.79 Å². The Labute approximate surface area is 173 Å². The number of carbonyl (C=O) groups excluding carboxylic acids is 1. The average Bonchev–Trinajstić information content (AvgIpc) is 2.99. The number of allylic oxidation sites excluding steroid dienone is 4. The molecule has 28 heavy (non-hydrogen) atoms. The highest BCUT2D eigenvalue weighted by Gasteiger charge is 2.60. The summed E-state index contributed by atoms with van der Waals surface area (Å²) in [6.45, 7) is 12.2. The van der Waals surface area contributed by atoms with Crippen molar-refractivity contribution in [3.05, 3.63) is 23.8 Å². The number of hydrogen-bond acceptors (Lipinski definition) is 1. The van der Waals surface area contributed by atoms with Crippen molar-refractivity contribution in [2.45, 2.75) is 92.4 Å². The molecule has 0 heterocycles. The van der Waals surface area contributed by atoms with Gasteiger partial charge in [-0.15, -0.1) is 0 Å². The van der Waals surface area contributed by atoms with Crippen LogP contribution >= 0.6 is 0 Å². The van der Waals surface area contributed by atoms with Gasteiger partial charge in [0.05, 0.1) is 0 Å². The van der Waals surface area contributed by atoms with Crippen LogP contribution in [0.15, 0.2) is 23.8 Å². The molecule has 0 spiro atoms. The van der Waals surface area contributed by atoms with Gasteiger partial charge in [-0.1, -0.05) is 66.0 Å². The Kier molecular flexibility index (Phi) is 5.43. The molecular weight excluding hydrogens is 340 g/mol. The number of fused-ring (bicyclic) bond motifs is 5. The van der Waals surface area contributed by atoms with Gasteiger partial charge in [-0.05, 0) is 90.6 Å². The zero-order valence-electron chi connectivity index (χ0n) is 19.0. The molecule has 0 bridgehead atoms. The molecule has 4 rings (SSSR count). The molecule has 4 aliphatic carbocycles. The maximum atomic E-state index is 13.3. The summed E-state index contributed by atoms with van der Waals surface area (Å²) in [5.41, 5.74) is 1.97. The smallest absolute Gasteiger partial charge is 0.159 e. The van der Waals surface area contributed by atoms with Crippen molar-refractivity contribution in [1.29, 1.82) is 0 Å². The Bertz CT molecular complexity index is 670. The van der Waals surface area contributed by atoms with E-state index in [1.54, 1.807) is 0 Å². The molecule has 0 aliphatic heterocycles. The Morgan fingerprint density at radius 1 is 1.04 bits per heavy atom. The molecule has 1 nitrogen and oxygen atoms in total. The lowest BCUT2D eigenvalue weighted by Crippen LogP contribution is -2.52. The summed E-state index contributed by atoms with van der Waals surface area (Å²) < 4.78 is 0. The second-order valence-corrected chi connectivity index (χ2v) is 11.6. The largest absolute Gasteiger partial charge is 0.295 e. The molecule has 0 amide bonds. The SMILES string of the molecule is CC(C)CCC[C@H](C)[C@@H]1CC[C@@H]2[C@H]3C(=O)C=C4C=CCC[C@]4(C)[C@@H]3CC[C@]21C. The Morgan fingerprint density at radius 2 is 1.82 bits per heavy atom. The van der Waals surface area contributed by atoms with E-state index >= 15 is 0 Å². The van der Waals surface area contributed by atoms with Gasteiger partial charge in [-0.25, -0.2) is 0 Å². The molecule has 7 atom stereocenters. The summed E-state index contributed by atoms with van der Waals surface area (Å²) in [5, 5.41) is 0. The van der Waals surface area contributed by atoms with Crippen LogP contribution in [0.4, 0.5) is 0 Å². The minimum Gasteiger partial charge on any atom is -0.295 e. The molecule has 0 aromatic carbocycles. The highest BCUT2D eigenvalue weighted by molar-refractivity contribution is 5.95. The number of hydrogen-bond donors (Lipinski definition) is 0. The van der Waals surface area contributed by atoms with E-state index in [1.165, 1.54) is 63.4 Å². The summed E-state index contributed by atoms with van der Waals surface area (Å²) >= 11 is 0. The van der Waals surface area contributed by atoms with Crippen LogP contribution in [-0.4, -0.2) is 5.78 Å². The van der Waals surface area contributed by atoms with Crippen LogP contribution in [0.1, 0.15) is 92.4 Å². The number of ketones is 1. The average molecular weight is 383 g/mol. The normalized spacial score (nSPS) is 43.4. The van der Waals surface area contributed by atoms with Crippen molar-refractivity contribution >= 4 is 5.78 Å². The highest BCUT2D eigenvalue weighted by atomic mass is 16.1. The lowest BCUT2D eigenvalue weighted by Gasteiger charge is -2.56. The molecule has 0 radical (unpaired) electrons. The summed E-state index contributed by atoms with van der Waals surface area (Å²) in [7, 11) is 0. The molecule has 2 saturated carbocycles. The van der Waals surface area contributed by atoms with Crippen LogP contribution in [0.2, 0.25) is 0 Å². The molecule has 1 heteroatoms. The zero-order chi connectivity index (χ0) is 20.1. The molecule has 0 unspecified atom stereocenters.